The zero-order chi connectivity index (χ0) is 20.1. The summed E-state index contributed by atoms with van der Waals surface area (Å²) in [4.78, 5) is 0. The fraction of sp³-hybridized carbons (Fsp3) is 0.231. The van der Waals surface area contributed by atoms with Crippen LogP contribution in [0.5, 0.6) is 11.5 Å². The molecule has 4 aromatic carbocycles. The van der Waals surface area contributed by atoms with E-state index in [1.807, 2.05) is 43.3 Å². The lowest BCUT2D eigenvalue weighted by molar-refractivity contribution is 0.452. The minimum Gasteiger partial charge on any atom is -0.507 e. The number of aromatic hydroxyl groups is 2. The highest BCUT2D eigenvalue weighted by molar-refractivity contribution is 5.95. The number of hydrogen-bond donors (Lipinski definition) is 2. The van der Waals surface area contributed by atoms with Crippen LogP contribution < -0.4 is 0 Å². The maximum absolute atomic E-state index is 10.9. The Balaban J connectivity index is 1.98. The molecule has 28 heavy (non-hydrogen) atoms. The van der Waals surface area contributed by atoms with Crippen LogP contribution in [0.4, 0.5) is 0 Å². The molecule has 2 N–H and O–H groups in total. The normalized spacial score (nSPS) is 12.0. The second kappa shape index (κ2) is 6.56. The van der Waals surface area contributed by atoms with E-state index in [0.29, 0.717) is 11.5 Å². The first-order chi connectivity index (χ1) is 13.3. The van der Waals surface area contributed by atoms with Gasteiger partial charge in [-0.3, -0.25) is 0 Å². The maximum atomic E-state index is 10.9. The van der Waals surface area contributed by atoms with Crippen molar-refractivity contribution in [3.63, 3.8) is 0 Å². The predicted octanol–water partition coefficient (Wildman–Crippen LogP) is 6.60. The van der Waals surface area contributed by atoms with Crippen LogP contribution in [0, 0.1) is 6.92 Å². The molecule has 0 radical (unpaired) electrons. The van der Waals surface area contributed by atoms with E-state index in [0.717, 1.165) is 39.1 Å². The molecule has 2 nitrogen and oxygen atoms in total. The Bertz CT molecular complexity index is 1200. The van der Waals surface area contributed by atoms with Crippen molar-refractivity contribution in [3.8, 4) is 11.5 Å². The zero-order valence-electron chi connectivity index (χ0n) is 16.9. The summed E-state index contributed by atoms with van der Waals surface area (Å²) in [6.45, 7) is 8.32. The van der Waals surface area contributed by atoms with Crippen molar-refractivity contribution in [1.29, 1.82) is 0 Å². The van der Waals surface area contributed by atoms with E-state index in [-0.39, 0.29) is 5.41 Å². The largest absolute Gasteiger partial charge is 0.507 e. The first kappa shape index (κ1) is 18.4. The van der Waals surface area contributed by atoms with Gasteiger partial charge in [-0.2, -0.15) is 0 Å². The van der Waals surface area contributed by atoms with Crippen LogP contribution in [-0.2, 0) is 11.8 Å². The Labute approximate surface area is 166 Å². The molecule has 0 aliphatic rings. The standard InChI is InChI=1S/C26H26O2/c1-16-13-17(19-9-5-7-11-21(19)24(16)27)14-18-15-23(26(2,3)4)25(28)22-12-8-6-10-20(18)22/h5-13,15,27-28H,14H2,1-4H3. The molecule has 0 aliphatic carbocycles. The van der Waals surface area contributed by atoms with Gasteiger partial charge in [-0.05, 0) is 46.2 Å². The third-order valence-corrected chi connectivity index (χ3v) is 5.58. The lowest BCUT2D eigenvalue weighted by Gasteiger charge is -2.23. The topological polar surface area (TPSA) is 40.5 Å². The molecule has 0 atom stereocenters. The van der Waals surface area contributed by atoms with Gasteiger partial charge in [0.1, 0.15) is 11.5 Å². The van der Waals surface area contributed by atoms with Crippen molar-refractivity contribution < 1.29 is 10.2 Å². The second-order valence-electron chi connectivity index (χ2n) is 8.65. The molecule has 0 unspecified atom stereocenters. The highest BCUT2D eigenvalue weighted by Crippen LogP contribution is 2.40. The van der Waals surface area contributed by atoms with E-state index in [1.54, 1.807) is 0 Å². The summed E-state index contributed by atoms with van der Waals surface area (Å²) < 4.78 is 0. The number of aryl methyl sites for hydroxylation is 1. The Kier molecular flexibility index (Phi) is 4.30. The molecule has 0 fully saturated rings. The molecule has 0 bridgehead atoms. The molecule has 0 aromatic heterocycles. The Hall–Kier alpha value is -3.00. The van der Waals surface area contributed by atoms with Gasteiger partial charge < -0.3 is 10.2 Å². The van der Waals surface area contributed by atoms with Crippen molar-refractivity contribution in [3.05, 3.63) is 82.9 Å². The number of fused-ring (bicyclic) bond motifs is 2. The van der Waals surface area contributed by atoms with E-state index in [2.05, 4.69) is 45.0 Å². The van der Waals surface area contributed by atoms with Crippen LogP contribution in [-0.4, -0.2) is 10.2 Å². The van der Waals surface area contributed by atoms with Crippen LogP contribution >= 0.6 is 0 Å². The van der Waals surface area contributed by atoms with Crippen LogP contribution in [0.15, 0.2) is 60.7 Å². The number of phenolic OH excluding ortho intramolecular Hbond substituents is 2. The van der Waals surface area contributed by atoms with Gasteiger partial charge >= 0.3 is 0 Å². The first-order valence-corrected chi connectivity index (χ1v) is 9.71. The van der Waals surface area contributed by atoms with E-state index < -0.39 is 0 Å². The number of hydrogen-bond acceptors (Lipinski definition) is 2. The van der Waals surface area contributed by atoms with Crippen LogP contribution in [0.25, 0.3) is 21.5 Å². The van der Waals surface area contributed by atoms with Crippen molar-refractivity contribution in [2.24, 2.45) is 0 Å². The Morgan fingerprint density at radius 3 is 1.68 bits per heavy atom. The minimum absolute atomic E-state index is 0.157. The van der Waals surface area contributed by atoms with Gasteiger partial charge in [0.25, 0.3) is 0 Å². The van der Waals surface area contributed by atoms with E-state index in [4.69, 9.17) is 0 Å². The maximum Gasteiger partial charge on any atom is 0.127 e. The third-order valence-electron chi connectivity index (χ3n) is 5.58. The van der Waals surface area contributed by atoms with E-state index >= 15 is 0 Å². The summed E-state index contributed by atoms with van der Waals surface area (Å²) in [7, 11) is 0. The van der Waals surface area contributed by atoms with Gasteiger partial charge in [-0.25, -0.2) is 0 Å². The van der Waals surface area contributed by atoms with Crippen molar-refractivity contribution >= 4 is 21.5 Å². The molecule has 0 amide bonds. The molecule has 0 heterocycles. The molecule has 4 rings (SSSR count). The van der Waals surface area contributed by atoms with Gasteiger partial charge in [0.2, 0.25) is 0 Å². The summed E-state index contributed by atoms with van der Waals surface area (Å²) >= 11 is 0. The van der Waals surface area contributed by atoms with E-state index in [9.17, 15) is 10.2 Å². The predicted molar refractivity (Wildman–Crippen MR) is 117 cm³/mol. The molecular weight excluding hydrogens is 344 g/mol. The summed E-state index contributed by atoms with van der Waals surface area (Å²) in [5.41, 5.74) is 4.06. The smallest absolute Gasteiger partial charge is 0.127 e. The Morgan fingerprint density at radius 2 is 1.14 bits per heavy atom. The minimum atomic E-state index is -0.157. The first-order valence-electron chi connectivity index (χ1n) is 9.71. The van der Waals surface area contributed by atoms with Crippen molar-refractivity contribution in [1.82, 2.24) is 0 Å². The van der Waals surface area contributed by atoms with Gasteiger partial charge in [-0.15, -0.1) is 0 Å². The van der Waals surface area contributed by atoms with Crippen LogP contribution in [0.1, 0.15) is 43.0 Å². The average molecular weight is 370 g/mol. The highest BCUT2D eigenvalue weighted by atomic mass is 16.3. The number of phenols is 2. The van der Waals surface area contributed by atoms with Crippen LogP contribution in [0.3, 0.4) is 0 Å². The fourth-order valence-electron chi connectivity index (χ4n) is 4.09. The summed E-state index contributed by atoms with van der Waals surface area (Å²) in [5.74, 6) is 0.726. The molecular formula is C26H26O2. The number of benzene rings is 4. The highest BCUT2D eigenvalue weighted by Gasteiger charge is 2.22. The lowest BCUT2D eigenvalue weighted by Crippen LogP contribution is -2.12. The SMILES string of the molecule is Cc1cc(Cc2cc(C(C)(C)C)c(O)c3ccccc23)c2ccccc2c1O. The van der Waals surface area contributed by atoms with Crippen molar-refractivity contribution in [2.75, 3.05) is 0 Å². The molecule has 0 saturated heterocycles. The van der Waals surface area contributed by atoms with Gasteiger partial charge in [0.15, 0.2) is 0 Å². The monoisotopic (exact) mass is 370 g/mol. The van der Waals surface area contributed by atoms with Gasteiger partial charge in [0.05, 0.1) is 0 Å². The quantitative estimate of drug-likeness (QED) is 0.417. The van der Waals surface area contributed by atoms with Gasteiger partial charge in [-0.1, -0.05) is 81.4 Å². The van der Waals surface area contributed by atoms with Crippen LogP contribution in [0.2, 0.25) is 0 Å². The molecule has 0 saturated carbocycles. The van der Waals surface area contributed by atoms with Gasteiger partial charge in [0, 0.05) is 16.3 Å². The zero-order valence-corrected chi connectivity index (χ0v) is 16.9. The molecule has 142 valence electrons. The summed E-state index contributed by atoms with van der Waals surface area (Å²) in [6.07, 6.45) is 0.742. The second-order valence-corrected chi connectivity index (χ2v) is 8.65. The fourth-order valence-corrected chi connectivity index (χ4v) is 4.09. The lowest BCUT2D eigenvalue weighted by atomic mass is 9.82. The molecule has 4 aromatic rings. The number of rotatable bonds is 2. The van der Waals surface area contributed by atoms with Crippen molar-refractivity contribution in [2.45, 2.75) is 39.5 Å². The molecule has 0 aliphatic heterocycles. The summed E-state index contributed by atoms with van der Waals surface area (Å²) in [5, 5.41) is 25.3. The average Bonchev–Trinajstić information content (AvgIpc) is 2.67. The van der Waals surface area contributed by atoms with E-state index in [1.165, 1.54) is 11.1 Å². The Morgan fingerprint density at radius 1 is 0.679 bits per heavy atom. The third kappa shape index (κ3) is 2.99. The molecule has 0 spiro atoms. The summed E-state index contributed by atoms with van der Waals surface area (Å²) in [6, 6.07) is 20.3. The molecule has 2 heteroatoms.